The maximum atomic E-state index is 12.3. The first-order chi connectivity index (χ1) is 13.2. The Kier molecular flexibility index (Phi) is 4.52. The quantitative estimate of drug-likeness (QED) is 0.503. The zero-order chi connectivity index (χ0) is 18.8. The largest absolute Gasteiger partial charge is 0.497 e. The molecule has 0 radical (unpaired) electrons. The van der Waals surface area contributed by atoms with E-state index in [2.05, 4.69) is 10.3 Å². The Balaban J connectivity index is 1.54. The number of aliphatic hydroxyl groups excluding tert-OH is 1. The van der Waals surface area contributed by atoms with E-state index in [0.29, 0.717) is 0 Å². The molecule has 0 aliphatic carbocycles. The normalized spacial score (nSPS) is 11.0. The van der Waals surface area contributed by atoms with Gasteiger partial charge in [-0.2, -0.15) is 0 Å². The maximum Gasteiger partial charge on any atom is 0.228 e. The number of amides is 1. The second-order valence-corrected chi connectivity index (χ2v) is 6.50. The zero-order valence-electron chi connectivity index (χ0n) is 15.0. The van der Waals surface area contributed by atoms with Crippen molar-refractivity contribution in [3.05, 3.63) is 71.8 Å². The molecule has 0 fully saturated rings. The molecule has 4 aromatic rings. The number of fused-ring (bicyclic) bond motifs is 3. The highest BCUT2D eigenvalue weighted by molar-refractivity contribution is 6.08. The van der Waals surface area contributed by atoms with Gasteiger partial charge in [0.15, 0.2) is 0 Å². The number of rotatable bonds is 5. The highest BCUT2D eigenvalue weighted by atomic mass is 16.5. The van der Waals surface area contributed by atoms with Crippen LogP contribution in [0.5, 0.6) is 5.75 Å². The summed E-state index contributed by atoms with van der Waals surface area (Å²) in [4.78, 5) is 15.7. The molecule has 136 valence electrons. The molecule has 4 rings (SSSR count). The fourth-order valence-electron chi connectivity index (χ4n) is 3.26. The van der Waals surface area contributed by atoms with Crippen LogP contribution in [0.2, 0.25) is 0 Å². The topological polar surface area (TPSA) is 74.4 Å². The zero-order valence-corrected chi connectivity index (χ0v) is 15.0. The van der Waals surface area contributed by atoms with Crippen molar-refractivity contribution in [2.75, 3.05) is 12.4 Å². The Morgan fingerprint density at radius 1 is 0.963 bits per heavy atom. The van der Waals surface area contributed by atoms with Crippen LogP contribution in [0, 0.1) is 0 Å². The Morgan fingerprint density at radius 3 is 2.33 bits per heavy atom. The van der Waals surface area contributed by atoms with Gasteiger partial charge in [-0.1, -0.05) is 24.3 Å². The molecule has 3 N–H and O–H groups in total. The van der Waals surface area contributed by atoms with Crippen LogP contribution in [0.25, 0.3) is 21.8 Å². The van der Waals surface area contributed by atoms with E-state index in [9.17, 15) is 4.79 Å². The maximum absolute atomic E-state index is 12.3. The second kappa shape index (κ2) is 7.13. The summed E-state index contributed by atoms with van der Waals surface area (Å²) in [6.45, 7) is -0.00931. The third-order valence-corrected chi connectivity index (χ3v) is 4.66. The molecule has 5 heteroatoms. The lowest BCUT2D eigenvalue weighted by atomic mass is 10.1. The van der Waals surface area contributed by atoms with Crippen molar-refractivity contribution in [1.29, 1.82) is 0 Å². The van der Waals surface area contributed by atoms with E-state index in [1.54, 1.807) is 31.4 Å². The van der Waals surface area contributed by atoms with Crippen molar-refractivity contribution >= 4 is 33.4 Å². The van der Waals surface area contributed by atoms with Crippen LogP contribution >= 0.6 is 0 Å². The van der Waals surface area contributed by atoms with Gasteiger partial charge in [0.1, 0.15) is 5.75 Å². The first-order valence-corrected chi connectivity index (χ1v) is 8.74. The number of H-pyrrole nitrogens is 1. The molecule has 0 unspecified atom stereocenters. The second-order valence-electron chi connectivity index (χ2n) is 6.50. The minimum atomic E-state index is -0.0797. The predicted octanol–water partition coefficient (Wildman–Crippen LogP) is 4.00. The van der Waals surface area contributed by atoms with Crippen molar-refractivity contribution in [3.8, 4) is 5.75 Å². The van der Waals surface area contributed by atoms with Crippen LogP contribution in [-0.2, 0) is 17.8 Å². The van der Waals surface area contributed by atoms with E-state index in [4.69, 9.17) is 9.84 Å². The lowest BCUT2D eigenvalue weighted by molar-refractivity contribution is -0.115. The van der Waals surface area contributed by atoms with E-state index in [1.807, 2.05) is 36.4 Å². The Bertz CT molecular complexity index is 1110. The van der Waals surface area contributed by atoms with Gasteiger partial charge < -0.3 is 20.1 Å². The van der Waals surface area contributed by atoms with Gasteiger partial charge in [-0.25, -0.2) is 0 Å². The van der Waals surface area contributed by atoms with Gasteiger partial charge in [-0.15, -0.1) is 0 Å². The number of ether oxygens (including phenoxy) is 1. The number of hydrogen-bond donors (Lipinski definition) is 3. The molecule has 5 nitrogen and oxygen atoms in total. The molecule has 1 amide bonds. The van der Waals surface area contributed by atoms with Crippen molar-refractivity contribution in [2.45, 2.75) is 13.0 Å². The Hall–Kier alpha value is -3.31. The number of methoxy groups -OCH3 is 1. The summed E-state index contributed by atoms with van der Waals surface area (Å²) in [7, 11) is 1.65. The summed E-state index contributed by atoms with van der Waals surface area (Å²) in [5.74, 6) is 0.727. The van der Waals surface area contributed by atoms with E-state index >= 15 is 0 Å². The van der Waals surface area contributed by atoms with Crippen molar-refractivity contribution in [3.63, 3.8) is 0 Å². The molecule has 0 aliphatic rings. The van der Waals surface area contributed by atoms with Gasteiger partial charge in [-0.05, 0) is 41.5 Å². The monoisotopic (exact) mass is 360 g/mol. The highest BCUT2D eigenvalue weighted by Crippen LogP contribution is 2.29. The van der Waals surface area contributed by atoms with Crippen LogP contribution in [0.4, 0.5) is 5.69 Å². The predicted molar refractivity (Wildman–Crippen MR) is 107 cm³/mol. The third kappa shape index (κ3) is 3.50. The molecule has 0 bridgehead atoms. The third-order valence-electron chi connectivity index (χ3n) is 4.66. The number of benzene rings is 3. The molecule has 1 aromatic heterocycles. The molecule has 3 aromatic carbocycles. The van der Waals surface area contributed by atoms with Gasteiger partial charge >= 0.3 is 0 Å². The minimum Gasteiger partial charge on any atom is -0.497 e. The van der Waals surface area contributed by atoms with Gasteiger partial charge in [-0.3, -0.25) is 4.79 Å². The van der Waals surface area contributed by atoms with E-state index < -0.39 is 0 Å². The van der Waals surface area contributed by atoms with E-state index in [1.165, 1.54) is 0 Å². The SMILES string of the molecule is COc1ccc2c(c1)[nH]c1cc(CC(=O)Nc3ccc(CO)cc3)ccc12. The average molecular weight is 360 g/mol. The lowest BCUT2D eigenvalue weighted by Gasteiger charge is -2.06. The van der Waals surface area contributed by atoms with Crippen LogP contribution in [0.15, 0.2) is 60.7 Å². The van der Waals surface area contributed by atoms with Crippen LogP contribution in [0.3, 0.4) is 0 Å². The molecule has 0 saturated carbocycles. The molecule has 1 heterocycles. The number of aromatic nitrogens is 1. The summed E-state index contributed by atoms with van der Waals surface area (Å²) >= 11 is 0. The first kappa shape index (κ1) is 17.1. The molecule has 0 aliphatic heterocycles. The number of carbonyl (C=O) groups excluding carboxylic acids is 1. The molecule has 0 atom stereocenters. The summed E-state index contributed by atoms with van der Waals surface area (Å²) in [5.41, 5.74) is 4.47. The van der Waals surface area contributed by atoms with Crippen LogP contribution in [0.1, 0.15) is 11.1 Å². The molecule has 0 spiro atoms. The lowest BCUT2D eigenvalue weighted by Crippen LogP contribution is -2.14. The highest BCUT2D eigenvalue weighted by Gasteiger charge is 2.09. The number of hydrogen-bond acceptors (Lipinski definition) is 3. The average Bonchev–Trinajstić information content (AvgIpc) is 3.05. The number of aromatic amines is 1. The van der Waals surface area contributed by atoms with E-state index in [0.717, 1.165) is 44.4 Å². The van der Waals surface area contributed by atoms with Crippen molar-refractivity contribution < 1.29 is 14.6 Å². The van der Waals surface area contributed by atoms with Gasteiger partial charge in [0.25, 0.3) is 0 Å². The van der Waals surface area contributed by atoms with Gasteiger partial charge in [0.2, 0.25) is 5.91 Å². The number of aliphatic hydroxyl groups is 1. The minimum absolute atomic E-state index is 0.00931. The van der Waals surface area contributed by atoms with E-state index in [-0.39, 0.29) is 18.9 Å². The Labute approximate surface area is 156 Å². The fraction of sp³-hybridized carbons (Fsp3) is 0.136. The standard InChI is InChI=1S/C22H20N2O3/c1-27-17-7-9-19-18-8-4-15(10-20(18)24-21(19)12-17)11-22(26)23-16-5-2-14(13-25)3-6-16/h2-10,12,24-25H,11,13H2,1H3,(H,23,26). The number of nitrogens with one attached hydrogen (secondary N) is 2. The van der Waals surface area contributed by atoms with Crippen LogP contribution < -0.4 is 10.1 Å². The smallest absolute Gasteiger partial charge is 0.228 e. The fourth-order valence-corrected chi connectivity index (χ4v) is 3.26. The molecular weight excluding hydrogens is 340 g/mol. The number of carbonyl (C=O) groups is 1. The van der Waals surface area contributed by atoms with Crippen LogP contribution in [-0.4, -0.2) is 23.1 Å². The summed E-state index contributed by atoms with van der Waals surface area (Å²) in [6, 6.07) is 19.1. The van der Waals surface area contributed by atoms with Crippen molar-refractivity contribution in [2.24, 2.45) is 0 Å². The molecule has 27 heavy (non-hydrogen) atoms. The summed E-state index contributed by atoms with van der Waals surface area (Å²) in [6.07, 6.45) is 0.288. The summed E-state index contributed by atoms with van der Waals surface area (Å²) < 4.78 is 5.28. The van der Waals surface area contributed by atoms with Crippen molar-refractivity contribution in [1.82, 2.24) is 4.98 Å². The van der Waals surface area contributed by atoms with Gasteiger partial charge in [0, 0.05) is 28.0 Å². The molecular formula is C22H20N2O3. The number of anilines is 1. The Morgan fingerprint density at radius 2 is 1.63 bits per heavy atom. The summed E-state index contributed by atoms with van der Waals surface area (Å²) in [5, 5.41) is 14.2. The molecule has 0 saturated heterocycles. The first-order valence-electron chi connectivity index (χ1n) is 8.74. The van der Waals surface area contributed by atoms with Gasteiger partial charge in [0.05, 0.1) is 25.7 Å².